The molecule has 0 atom stereocenters. The van der Waals surface area contributed by atoms with E-state index in [0.29, 0.717) is 28.5 Å². The maximum atomic E-state index is 13.2. The van der Waals surface area contributed by atoms with Gasteiger partial charge in [-0.2, -0.15) is 9.78 Å². The number of rotatable bonds is 6. The second-order valence-corrected chi connectivity index (χ2v) is 8.52. The lowest BCUT2D eigenvalue weighted by Crippen LogP contribution is -2.18. The Bertz CT molecular complexity index is 1760. The number of amides is 1. The van der Waals surface area contributed by atoms with Gasteiger partial charge in [-0.3, -0.25) is 14.6 Å². The summed E-state index contributed by atoms with van der Waals surface area (Å²) in [5.41, 5.74) is 3.92. The van der Waals surface area contributed by atoms with Crippen LogP contribution < -0.4 is 10.9 Å². The normalized spacial score (nSPS) is 10.8. The van der Waals surface area contributed by atoms with Gasteiger partial charge < -0.3 is 9.73 Å². The van der Waals surface area contributed by atoms with Gasteiger partial charge in [0.1, 0.15) is 11.5 Å². The average Bonchev–Trinajstić information content (AvgIpc) is 3.64. The molecule has 3 aromatic carbocycles. The third-order valence-electron chi connectivity index (χ3n) is 5.98. The number of aromatic amines is 1. The highest BCUT2D eigenvalue weighted by Gasteiger charge is 2.18. The van der Waals surface area contributed by atoms with Gasteiger partial charge in [0.2, 0.25) is 5.95 Å². The van der Waals surface area contributed by atoms with Crippen molar-refractivity contribution in [2.45, 2.75) is 0 Å². The Morgan fingerprint density at radius 2 is 1.45 bits per heavy atom. The van der Waals surface area contributed by atoms with E-state index in [1.165, 1.54) is 17.0 Å². The first kappa shape index (κ1) is 22.9. The summed E-state index contributed by atoms with van der Waals surface area (Å²) in [6.45, 7) is 0. The fourth-order valence-electron chi connectivity index (χ4n) is 4.11. The number of furan rings is 1. The molecule has 8 nitrogen and oxygen atoms in total. The maximum absolute atomic E-state index is 13.2. The zero-order chi connectivity index (χ0) is 25.9. The Labute approximate surface area is 217 Å². The minimum absolute atomic E-state index is 0.156. The maximum Gasteiger partial charge on any atom is 0.256 e. The summed E-state index contributed by atoms with van der Waals surface area (Å²) in [7, 11) is 0. The fourth-order valence-corrected chi connectivity index (χ4v) is 4.11. The summed E-state index contributed by atoms with van der Waals surface area (Å²) in [5.74, 6) is 0.650. The van der Waals surface area contributed by atoms with Crippen molar-refractivity contribution in [3.05, 3.63) is 131 Å². The smallest absolute Gasteiger partial charge is 0.256 e. The van der Waals surface area contributed by atoms with Crippen LogP contribution in [0.1, 0.15) is 10.4 Å². The van der Waals surface area contributed by atoms with Crippen molar-refractivity contribution in [2.24, 2.45) is 0 Å². The van der Waals surface area contributed by atoms with Gasteiger partial charge >= 0.3 is 0 Å². The number of hydrogen-bond donors (Lipinski definition) is 2. The second-order valence-electron chi connectivity index (χ2n) is 8.52. The first-order valence-electron chi connectivity index (χ1n) is 11.9. The monoisotopic (exact) mass is 499 g/mol. The molecule has 6 rings (SSSR count). The predicted octanol–water partition coefficient (Wildman–Crippen LogP) is 5.80. The summed E-state index contributed by atoms with van der Waals surface area (Å²) >= 11 is 0. The molecule has 0 saturated heterocycles. The van der Waals surface area contributed by atoms with E-state index in [0.717, 1.165) is 16.7 Å². The molecular formula is C30H21N5O3. The van der Waals surface area contributed by atoms with Crippen molar-refractivity contribution in [2.75, 3.05) is 5.32 Å². The molecule has 0 saturated carbocycles. The number of carbonyl (C=O) groups excluding carboxylic acids is 1. The fraction of sp³-hybridized carbons (Fsp3) is 0. The number of nitrogens with one attached hydrogen (secondary N) is 2. The summed E-state index contributed by atoms with van der Waals surface area (Å²) in [4.78, 5) is 33.1. The molecule has 6 aromatic rings. The van der Waals surface area contributed by atoms with Gasteiger partial charge in [-0.05, 0) is 35.4 Å². The number of hydrogen-bond acceptors (Lipinski definition) is 5. The minimum Gasteiger partial charge on any atom is -0.463 e. The second kappa shape index (κ2) is 9.87. The van der Waals surface area contributed by atoms with E-state index in [9.17, 15) is 9.59 Å². The molecule has 0 aliphatic rings. The Morgan fingerprint density at radius 3 is 2.13 bits per heavy atom. The van der Waals surface area contributed by atoms with Gasteiger partial charge in [-0.1, -0.05) is 72.8 Å². The minimum atomic E-state index is -0.349. The van der Waals surface area contributed by atoms with Crippen molar-refractivity contribution in [1.29, 1.82) is 0 Å². The van der Waals surface area contributed by atoms with Crippen LogP contribution in [0.25, 0.3) is 39.8 Å². The van der Waals surface area contributed by atoms with E-state index in [2.05, 4.69) is 20.4 Å². The highest BCUT2D eigenvalue weighted by atomic mass is 16.3. The predicted molar refractivity (Wildman–Crippen MR) is 145 cm³/mol. The van der Waals surface area contributed by atoms with Crippen molar-refractivity contribution in [3.8, 4) is 39.8 Å². The number of anilines is 1. The summed E-state index contributed by atoms with van der Waals surface area (Å²) in [5, 5.41) is 7.48. The van der Waals surface area contributed by atoms with Gasteiger partial charge in [0, 0.05) is 23.3 Å². The van der Waals surface area contributed by atoms with E-state index in [1.807, 2.05) is 72.8 Å². The van der Waals surface area contributed by atoms with E-state index in [1.54, 1.807) is 30.3 Å². The molecule has 3 aromatic heterocycles. The lowest BCUT2D eigenvalue weighted by Gasteiger charge is -2.10. The van der Waals surface area contributed by atoms with Crippen LogP contribution in [0.2, 0.25) is 0 Å². The van der Waals surface area contributed by atoms with Crippen molar-refractivity contribution < 1.29 is 9.21 Å². The SMILES string of the molecule is O=C(Nc1cc(-c2ccco2)nn1-c1nc(-c2ccccc2)cc(=O)[nH]1)c1ccc(-c2ccccc2)cc1. The molecule has 38 heavy (non-hydrogen) atoms. The zero-order valence-corrected chi connectivity index (χ0v) is 20.0. The highest BCUT2D eigenvalue weighted by Crippen LogP contribution is 2.26. The molecule has 8 heteroatoms. The summed E-state index contributed by atoms with van der Waals surface area (Å²) in [6, 6.07) is 33.2. The number of carbonyl (C=O) groups is 1. The summed E-state index contributed by atoms with van der Waals surface area (Å²) < 4.78 is 6.90. The Balaban J connectivity index is 1.36. The molecule has 0 aliphatic heterocycles. The topological polar surface area (TPSA) is 106 Å². The van der Waals surface area contributed by atoms with Crippen molar-refractivity contribution in [3.63, 3.8) is 0 Å². The quantitative estimate of drug-likeness (QED) is 0.301. The molecule has 0 spiro atoms. The Hall–Kier alpha value is -5.50. The average molecular weight is 500 g/mol. The van der Waals surface area contributed by atoms with Crippen LogP contribution in [0.3, 0.4) is 0 Å². The van der Waals surface area contributed by atoms with E-state index in [4.69, 9.17) is 4.42 Å². The first-order valence-corrected chi connectivity index (χ1v) is 11.9. The zero-order valence-electron chi connectivity index (χ0n) is 20.0. The molecule has 0 aliphatic carbocycles. The van der Waals surface area contributed by atoms with Crippen LogP contribution in [0.5, 0.6) is 0 Å². The molecule has 0 fully saturated rings. The van der Waals surface area contributed by atoms with Crippen LogP contribution in [0.15, 0.2) is 125 Å². The Morgan fingerprint density at radius 1 is 0.763 bits per heavy atom. The van der Waals surface area contributed by atoms with Crippen molar-refractivity contribution >= 4 is 11.7 Å². The molecule has 2 N–H and O–H groups in total. The molecule has 0 bridgehead atoms. The largest absolute Gasteiger partial charge is 0.463 e. The lowest BCUT2D eigenvalue weighted by atomic mass is 10.0. The van der Waals surface area contributed by atoms with Crippen LogP contribution >= 0.6 is 0 Å². The van der Waals surface area contributed by atoms with E-state index < -0.39 is 0 Å². The van der Waals surface area contributed by atoms with Crippen molar-refractivity contribution in [1.82, 2.24) is 19.7 Å². The third-order valence-corrected chi connectivity index (χ3v) is 5.98. The van der Waals surface area contributed by atoms with Crippen LogP contribution in [-0.2, 0) is 0 Å². The van der Waals surface area contributed by atoms with Gasteiger partial charge in [-0.25, -0.2) is 4.98 Å². The third kappa shape index (κ3) is 4.66. The molecule has 0 unspecified atom stereocenters. The number of nitrogens with zero attached hydrogens (tertiary/aromatic N) is 3. The number of benzene rings is 3. The van der Waals surface area contributed by atoms with Gasteiger partial charge in [0.05, 0.1) is 12.0 Å². The van der Waals surface area contributed by atoms with Crippen LogP contribution in [0.4, 0.5) is 5.82 Å². The first-order chi connectivity index (χ1) is 18.6. The highest BCUT2D eigenvalue weighted by molar-refractivity contribution is 6.04. The van der Waals surface area contributed by atoms with Gasteiger partial charge in [0.25, 0.3) is 11.5 Å². The lowest BCUT2D eigenvalue weighted by molar-refractivity contribution is 0.102. The summed E-state index contributed by atoms with van der Waals surface area (Å²) in [6.07, 6.45) is 1.54. The molecular weight excluding hydrogens is 478 g/mol. The van der Waals surface area contributed by atoms with Crippen LogP contribution in [-0.4, -0.2) is 25.7 Å². The van der Waals surface area contributed by atoms with Crippen LogP contribution in [0, 0.1) is 0 Å². The van der Waals surface area contributed by atoms with Gasteiger partial charge in [-0.15, -0.1) is 0 Å². The van der Waals surface area contributed by atoms with E-state index in [-0.39, 0.29) is 17.4 Å². The number of H-pyrrole nitrogens is 1. The Kier molecular flexibility index (Phi) is 5.95. The molecule has 0 radical (unpaired) electrons. The molecule has 1 amide bonds. The number of aromatic nitrogens is 4. The molecule has 3 heterocycles. The van der Waals surface area contributed by atoms with E-state index >= 15 is 0 Å². The molecule has 184 valence electrons. The van der Waals surface area contributed by atoms with Gasteiger partial charge in [0.15, 0.2) is 5.76 Å². The standard InChI is InChI=1S/C30H21N5O3/c36-28-19-24(22-10-5-2-6-11-22)31-30(33-28)35-27(18-25(34-35)26-12-7-17-38-26)32-29(37)23-15-13-21(14-16-23)20-8-3-1-4-9-20/h1-19H,(H,32,37)(H,31,33,36).